The van der Waals surface area contributed by atoms with Gasteiger partial charge in [0.05, 0.1) is 18.0 Å². The second kappa shape index (κ2) is 9.05. The summed E-state index contributed by atoms with van der Waals surface area (Å²) in [6.07, 6.45) is 3.04. The molecule has 0 radical (unpaired) electrons. The normalized spacial score (nSPS) is 16.2. The lowest BCUT2D eigenvalue weighted by molar-refractivity contribution is 0.157. The van der Waals surface area contributed by atoms with Crippen LogP contribution in [-0.2, 0) is 14.8 Å². The van der Waals surface area contributed by atoms with Crippen LogP contribution < -0.4 is 15.4 Å². The van der Waals surface area contributed by atoms with Gasteiger partial charge in [-0.1, -0.05) is 27.7 Å². The van der Waals surface area contributed by atoms with Crippen molar-refractivity contribution >= 4 is 28.0 Å². The average Bonchev–Trinajstić information content (AvgIpc) is 2.62. The van der Waals surface area contributed by atoms with E-state index in [9.17, 15) is 13.2 Å². The first-order valence-corrected chi connectivity index (χ1v) is 10.6. The molecule has 0 unspecified atom stereocenters. The maximum absolute atomic E-state index is 12.6. The van der Waals surface area contributed by atoms with Gasteiger partial charge in [-0.25, -0.2) is 17.9 Å². The maximum atomic E-state index is 12.6. The number of hydrogen-bond acceptors (Lipinski definition) is 7. The zero-order valence-electron chi connectivity index (χ0n) is 16.5. The highest BCUT2D eigenvalue weighted by Crippen LogP contribution is 2.30. The van der Waals surface area contributed by atoms with Crippen LogP contribution in [0.4, 0.5) is 10.5 Å². The number of anilines is 1. The molecule has 1 aromatic heterocycles. The highest BCUT2D eigenvalue weighted by molar-refractivity contribution is 7.94. The van der Waals surface area contributed by atoms with Gasteiger partial charge in [-0.15, -0.1) is 0 Å². The van der Waals surface area contributed by atoms with E-state index in [1.807, 2.05) is 32.4 Å². The Morgan fingerprint density at radius 3 is 2.57 bits per heavy atom. The third-order valence-corrected chi connectivity index (χ3v) is 5.48. The van der Waals surface area contributed by atoms with Crippen LogP contribution in [0.5, 0.6) is 0 Å². The Morgan fingerprint density at radius 1 is 1.32 bits per heavy atom. The molecule has 9 nitrogen and oxygen atoms in total. The smallest absolute Gasteiger partial charge is 0.333 e. The maximum Gasteiger partial charge on any atom is 0.333 e. The van der Waals surface area contributed by atoms with E-state index in [0.717, 1.165) is 12.0 Å². The Morgan fingerprint density at radius 2 is 2.04 bits per heavy atom. The minimum absolute atomic E-state index is 0.0321. The number of hydrogen-bond donors (Lipinski definition) is 4. The molecule has 2 amide bonds. The summed E-state index contributed by atoms with van der Waals surface area (Å²) in [6, 6.07) is 0.874. The number of nitrogens with one attached hydrogen (secondary N) is 4. The van der Waals surface area contributed by atoms with Gasteiger partial charge < -0.3 is 20.8 Å². The van der Waals surface area contributed by atoms with Gasteiger partial charge >= 0.3 is 6.03 Å². The van der Waals surface area contributed by atoms with Gasteiger partial charge in [-0.2, -0.15) is 0 Å². The van der Waals surface area contributed by atoms with Crippen molar-refractivity contribution in [1.82, 2.24) is 15.0 Å². The van der Waals surface area contributed by atoms with Crippen molar-refractivity contribution in [3.8, 4) is 0 Å². The van der Waals surface area contributed by atoms with Crippen molar-refractivity contribution in [2.45, 2.75) is 46.0 Å². The van der Waals surface area contributed by atoms with Crippen molar-refractivity contribution in [2.75, 3.05) is 18.5 Å². The molecule has 2 heterocycles. The first-order chi connectivity index (χ1) is 13.2. The fourth-order valence-corrected chi connectivity index (χ4v) is 3.72. The number of carbonyl (C=O) groups excluding carboxylic acids is 1. The zero-order valence-corrected chi connectivity index (χ0v) is 17.3. The molecular formula is C18H27N5O4S. The molecule has 1 aromatic rings. The summed E-state index contributed by atoms with van der Waals surface area (Å²) in [5.41, 5.74) is 2.02. The summed E-state index contributed by atoms with van der Waals surface area (Å²) < 4.78 is 32.4. The standard InChI is InChI=1S/C18H27N5O4S/c1-11(2)13-6-8-20-15(12(3)4)16(13)22-18(24)23-28(25,26)14(10-19)17-21-7-5-9-27-17/h6,8,10-12,19,21H,5,7,9H2,1-4H3,(H2,22,23,24)/b17-14-,19-10?. The van der Waals surface area contributed by atoms with Crippen molar-refractivity contribution in [2.24, 2.45) is 0 Å². The molecule has 1 aliphatic rings. The molecule has 4 N–H and O–H groups in total. The molecule has 154 valence electrons. The summed E-state index contributed by atoms with van der Waals surface area (Å²) in [4.78, 5) is 16.4. The molecule has 10 heteroatoms. The van der Waals surface area contributed by atoms with Crippen molar-refractivity contribution in [3.63, 3.8) is 0 Å². The van der Waals surface area contributed by atoms with Crippen molar-refractivity contribution < 1.29 is 17.9 Å². The molecule has 0 bridgehead atoms. The number of amides is 2. The number of nitrogens with zero attached hydrogens (tertiary/aromatic N) is 1. The number of carbonyl (C=O) groups is 1. The van der Waals surface area contributed by atoms with Gasteiger partial charge in [0.15, 0.2) is 4.91 Å². The SMILES string of the molecule is CC(C)c1ccnc(C(C)C)c1NC(=O)NS(=O)(=O)/C(C=N)=C1/NCCCO1. The lowest BCUT2D eigenvalue weighted by Crippen LogP contribution is -2.38. The lowest BCUT2D eigenvalue weighted by atomic mass is 9.97. The molecule has 1 aliphatic heterocycles. The molecule has 0 saturated carbocycles. The van der Waals surface area contributed by atoms with E-state index in [1.165, 1.54) is 0 Å². The molecule has 1 fully saturated rings. The fraction of sp³-hybridized carbons (Fsp3) is 0.500. The number of urea groups is 1. The number of pyridine rings is 1. The highest BCUT2D eigenvalue weighted by atomic mass is 32.2. The third kappa shape index (κ3) is 5.00. The van der Waals surface area contributed by atoms with E-state index < -0.39 is 21.0 Å². The quantitative estimate of drug-likeness (QED) is 0.534. The number of rotatable bonds is 6. The van der Waals surface area contributed by atoms with Crippen LogP contribution in [0.25, 0.3) is 0 Å². The van der Waals surface area contributed by atoms with Crippen LogP contribution in [0.2, 0.25) is 0 Å². The molecule has 0 aromatic carbocycles. The highest BCUT2D eigenvalue weighted by Gasteiger charge is 2.26. The Labute approximate surface area is 165 Å². The van der Waals surface area contributed by atoms with Crippen molar-refractivity contribution in [1.29, 1.82) is 5.41 Å². The molecule has 1 saturated heterocycles. The molecule has 0 spiro atoms. The number of allylic oxidation sites excluding steroid dienone is 1. The number of aromatic nitrogens is 1. The predicted octanol–water partition coefficient (Wildman–Crippen LogP) is 2.61. The Balaban J connectivity index is 2.30. The van der Waals surface area contributed by atoms with Gasteiger partial charge in [-0.05, 0) is 29.9 Å². The van der Waals surface area contributed by atoms with Gasteiger partial charge in [0.2, 0.25) is 5.88 Å². The van der Waals surface area contributed by atoms with Gasteiger partial charge in [0, 0.05) is 19.0 Å². The number of ether oxygens (including phenoxy) is 1. The van der Waals surface area contributed by atoms with Crippen LogP contribution in [-0.4, -0.2) is 38.8 Å². The van der Waals surface area contributed by atoms with E-state index >= 15 is 0 Å². The summed E-state index contributed by atoms with van der Waals surface area (Å²) in [5, 5.41) is 12.9. The second-order valence-corrected chi connectivity index (χ2v) is 8.65. The van der Waals surface area contributed by atoms with E-state index in [0.29, 0.717) is 30.7 Å². The number of sulfonamides is 1. The van der Waals surface area contributed by atoms with E-state index in [1.54, 1.807) is 12.3 Å². The van der Waals surface area contributed by atoms with Gasteiger partial charge in [-0.3, -0.25) is 4.98 Å². The van der Waals surface area contributed by atoms with Gasteiger partial charge in [0.1, 0.15) is 0 Å². The van der Waals surface area contributed by atoms with Crippen LogP contribution in [0.3, 0.4) is 0 Å². The third-order valence-electron chi connectivity index (χ3n) is 4.14. The minimum Gasteiger partial charge on any atom is -0.478 e. The fourth-order valence-electron chi connectivity index (χ4n) is 2.79. The molecule has 2 rings (SSSR count). The monoisotopic (exact) mass is 409 g/mol. The topological polar surface area (TPSA) is 133 Å². The molecule has 0 atom stereocenters. The van der Waals surface area contributed by atoms with E-state index in [4.69, 9.17) is 10.1 Å². The Bertz CT molecular complexity index is 844. The van der Waals surface area contributed by atoms with Crippen molar-refractivity contribution in [3.05, 3.63) is 34.3 Å². The summed E-state index contributed by atoms with van der Waals surface area (Å²) in [5.74, 6) is 0.102. The van der Waals surface area contributed by atoms with Crippen LogP contribution in [0, 0.1) is 5.41 Å². The van der Waals surface area contributed by atoms with Gasteiger partial charge in [0.25, 0.3) is 10.0 Å². The predicted molar refractivity (Wildman–Crippen MR) is 108 cm³/mol. The summed E-state index contributed by atoms with van der Waals surface area (Å²) in [7, 11) is -4.29. The zero-order chi connectivity index (χ0) is 20.9. The van der Waals surface area contributed by atoms with Crippen LogP contribution >= 0.6 is 0 Å². The minimum atomic E-state index is -4.29. The lowest BCUT2D eigenvalue weighted by Gasteiger charge is -2.21. The molecule has 0 aliphatic carbocycles. The summed E-state index contributed by atoms with van der Waals surface area (Å²) >= 11 is 0. The first kappa shape index (κ1) is 21.7. The van der Waals surface area contributed by atoms with Crippen LogP contribution in [0.1, 0.15) is 57.2 Å². The van der Waals surface area contributed by atoms with E-state index in [2.05, 4.69) is 15.6 Å². The van der Waals surface area contributed by atoms with E-state index in [-0.39, 0.29) is 17.7 Å². The second-order valence-electron chi connectivity index (χ2n) is 7.00. The van der Waals surface area contributed by atoms with Crippen LogP contribution in [0.15, 0.2) is 23.1 Å². The largest absolute Gasteiger partial charge is 0.478 e. The Hall–Kier alpha value is -2.62. The first-order valence-electron chi connectivity index (χ1n) is 9.11. The molecule has 28 heavy (non-hydrogen) atoms. The molecular weight excluding hydrogens is 382 g/mol. The summed E-state index contributed by atoms with van der Waals surface area (Å²) in [6.45, 7) is 8.70. The Kier molecular flexibility index (Phi) is 7.00. The average molecular weight is 410 g/mol.